The van der Waals surface area contributed by atoms with Gasteiger partial charge < -0.3 is 10.1 Å². The second kappa shape index (κ2) is 9.42. The highest BCUT2D eigenvalue weighted by molar-refractivity contribution is 8.03. The van der Waals surface area contributed by atoms with Crippen LogP contribution in [0.15, 0.2) is 60.0 Å². The van der Waals surface area contributed by atoms with E-state index >= 15 is 0 Å². The first-order valence-corrected chi connectivity index (χ1v) is 10.8. The molecule has 0 saturated carbocycles. The van der Waals surface area contributed by atoms with Crippen LogP contribution in [0.4, 0.5) is 0 Å². The molecule has 0 aromatic heterocycles. The molecular formula is C24H22ClNO3S. The first kappa shape index (κ1) is 22.0. The van der Waals surface area contributed by atoms with Crippen LogP contribution in [0.2, 0.25) is 5.02 Å². The Morgan fingerprint density at radius 2 is 1.73 bits per heavy atom. The van der Waals surface area contributed by atoms with Crippen molar-refractivity contribution in [3.63, 3.8) is 0 Å². The maximum atomic E-state index is 13.0. The Labute approximate surface area is 186 Å². The fourth-order valence-electron chi connectivity index (χ4n) is 2.90. The Hall–Kier alpha value is -2.68. The van der Waals surface area contributed by atoms with E-state index in [-0.39, 0.29) is 0 Å². The summed E-state index contributed by atoms with van der Waals surface area (Å²) in [5, 5.41) is 4.83. The lowest BCUT2D eigenvalue weighted by molar-refractivity contribution is -0.157. The van der Waals surface area contributed by atoms with E-state index in [0.29, 0.717) is 5.02 Å². The average Bonchev–Trinajstić information content (AvgIpc) is 3.10. The molecule has 2 atom stereocenters. The van der Waals surface area contributed by atoms with Gasteiger partial charge in [-0.2, -0.15) is 0 Å². The molecule has 1 aliphatic heterocycles. The number of rotatable bonds is 3. The predicted octanol–water partition coefficient (Wildman–Crippen LogP) is 4.88. The van der Waals surface area contributed by atoms with Crippen molar-refractivity contribution in [2.45, 2.75) is 31.7 Å². The van der Waals surface area contributed by atoms with Gasteiger partial charge in [0.15, 0.2) is 0 Å². The second-order valence-corrected chi connectivity index (χ2v) is 9.19. The smallest absolute Gasteiger partial charge is 0.317 e. The van der Waals surface area contributed by atoms with Gasteiger partial charge in [-0.05, 0) is 61.6 Å². The van der Waals surface area contributed by atoms with Gasteiger partial charge in [-0.3, -0.25) is 9.59 Å². The second-order valence-electron chi connectivity index (χ2n) is 7.74. The lowest BCUT2D eigenvalue weighted by Gasteiger charge is -2.26. The topological polar surface area (TPSA) is 55.4 Å². The Bertz CT molecular complexity index is 1010. The van der Waals surface area contributed by atoms with Crippen LogP contribution in [0.5, 0.6) is 0 Å². The molecule has 1 aliphatic rings. The molecule has 30 heavy (non-hydrogen) atoms. The molecule has 2 aromatic rings. The summed E-state index contributed by atoms with van der Waals surface area (Å²) in [6.07, 6.45) is 0. The standard InChI is InChI=1S/C24H22ClNO3S/c1-24(2,3)29-23(28)21-19(17-10-12-18(25)13-11-17)15-30-22(21)26-20(27)14-9-16-7-5-4-6-8-16/h4-8,10-13,15,21-22H,1-3H3,(H,26,27). The maximum absolute atomic E-state index is 13.0. The molecule has 154 valence electrons. The van der Waals surface area contributed by atoms with Crippen molar-refractivity contribution in [2.24, 2.45) is 5.92 Å². The van der Waals surface area contributed by atoms with Gasteiger partial charge in [-0.25, -0.2) is 0 Å². The van der Waals surface area contributed by atoms with Crippen LogP contribution in [0.1, 0.15) is 31.9 Å². The van der Waals surface area contributed by atoms with Gasteiger partial charge in [0.25, 0.3) is 5.91 Å². The van der Waals surface area contributed by atoms with Crippen molar-refractivity contribution in [1.29, 1.82) is 0 Å². The fraction of sp³-hybridized carbons (Fsp3) is 0.250. The molecule has 0 spiro atoms. The molecule has 1 heterocycles. The van der Waals surface area contributed by atoms with E-state index in [4.69, 9.17) is 16.3 Å². The van der Waals surface area contributed by atoms with Crippen LogP contribution in [0.3, 0.4) is 0 Å². The van der Waals surface area contributed by atoms with Crippen molar-refractivity contribution in [1.82, 2.24) is 5.32 Å². The summed E-state index contributed by atoms with van der Waals surface area (Å²) < 4.78 is 5.63. The van der Waals surface area contributed by atoms with Crippen molar-refractivity contribution < 1.29 is 14.3 Å². The van der Waals surface area contributed by atoms with E-state index in [1.165, 1.54) is 11.8 Å². The molecule has 2 unspecified atom stereocenters. The number of carbonyl (C=O) groups excluding carboxylic acids is 2. The van der Waals surface area contributed by atoms with Crippen LogP contribution in [0, 0.1) is 17.8 Å². The van der Waals surface area contributed by atoms with Gasteiger partial charge >= 0.3 is 5.97 Å². The van der Waals surface area contributed by atoms with E-state index in [1.807, 2.05) is 68.6 Å². The van der Waals surface area contributed by atoms with E-state index in [0.717, 1.165) is 16.7 Å². The molecule has 0 fully saturated rings. The minimum absolute atomic E-state index is 0.394. The Morgan fingerprint density at radius 1 is 1.07 bits per heavy atom. The van der Waals surface area contributed by atoms with E-state index in [9.17, 15) is 9.59 Å². The fourth-order valence-corrected chi connectivity index (χ4v) is 4.19. The van der Waals surface area contributed by atoms with Crippen LogP contribution in [-0.4, -0.2) is 22.9 Å². The van der Waals surface area contributed by atoms with Crippen LogP contribution >= 0.6 is 23.4 Å². The monoisotopic (exact) mass is 439 g/mol. The number of esters is 1. The average molecular weight is 440 g/mol. The first-order valence-electron chi connectivity index (χ1n) is 9.45. The first-order chi connectivity index (χ1) is 14.2. The van der Waals surface area contributed by atoms with Crippen LogP contribution in [-0.2, 0) is 14.3 Å². The number of nitrogens with one attached hydrogen (secondary N) is 1. The molecule has 0 bridgehead atoms. The van der Waals surface area contributed by atoms with Crippen molar-refractivity contribution in [2.75, 3.05) is 0 Å². The van der Waals surface area contributed by atoms with Gasteiger partial charge in [0.2, 0.25) is 0 Å². The number of hydrogen-bond donors (Lipinski definition) is 1. The third-order valence-electron chi connectivity index (χ3n) is 4.19. The lowest BCUT2D eigenvalue weighted by atomic mass is 9.93. The molecule has 0 aliphatic carbocycles. The SMILES string of the molecule is CC(C)(C)OC(=O)C1C(c2ccc(Cl)cc2)=CSC1NC(=O)C#Cc1ccccc1. The normalized spacial score (nSPS) is 18.1. The van der Waals surface area contributed by atoms with Crippen molar-refractivity contribution in [3.8, 4) is 11.8 Å². The molecule has 1 N–H and O–H groups in total. The van der Waals surface area contributed by atoms with Crippen molar-refractivity contribution >= 4 is 40.8 Å². The number of hydrogen-bond acceptors (Lipinski definition) is 4. The van der Waals surface area contributed by atoms with Crippen LogP contribution in [0.25, 0.3) is 5.57 Å². The quantitative estimate of drug-likeness (QED) is 0.547. The third kappa shape index (κ3) is 5.91. The lowest BCUT2D eigenvalue weighted by Crippen LogP contribution is -2.41. The molecule has 3 rings (SSSR count). The zero-order valence-corrected chi connectivity index (χ0v) is 18.5. The van der Waals surface area contributed by atoms with E-state index in [1.54, 1.807) is 12.1 Å². The minimum atomic E-state index is -0.655. The van der Waals surface area contributed by atoms with Gasteiger partial charge in [-0.1, -0.05) is 47.9 Å². The zero-order valence-electron chi connectivity index (χ0n) is 16.9. The van der Waals surface area contributed by atoms with E-state index in [2.05, 4.69) is 17.2 Å². The van der Waals surface area contributed by atoms with Gasteiger partial charge in [-0.15, -0.1) is 11.8 Å². The zero-order chi connectivity index (χ0) is 21.7. The summed E-state index contributed by atoms with van der Waals surface area (Å²) in [4.78, 5) is 25.4. The predicted molar refractivity (Wildman–Crippen MR) is 122 cm³/mol. The summed E-state index contributed by atoms with van der Waals surface area (Å²) in [5.74, 6) is 3.92. The molecule has 1 amide bonds. The molecule has 4 nitrogen and oxygen atoms in total. The Morgan fingerprint density at radius 3 is 2.37 bits per heavy atom. The van der Waals surface area contributed by atoms with Crippen molar-refractivity contribution in [3.05, 3.63) is 76.2 Å². The van der Waals surface area contributed by atoms with E-state index < -0.39 is 28.8 Å². The molecule has 6 heteroatoms. The molecule has 0 radical (unpaired) electrons. The summed E-state index contributed by atoms with van der Waals surface area (Å²) >= 11 is 7.37. The summed E-state index contributed by atoms with van der Waals surface area (Å²) in [5.41, 5.74) is 1.74. The Kier molecular flexibility index (Phi) is 6.91. The third-order valence-corrected chi connectivity index (χ3v) is 5.51. The number of halogens is 1. The van der Waals surface area contributed by atoms with Crippen LogP contribution < -0.4 is 5.32 Å². The van der Waals surface area contributed by atoms with Gasteiger partial charge in [0.1, 0.15) is 11.5 Å². The minimum Gasteiger partial charge on any atom is -0.459 e. The summed E-state index contributed by atoms with van der Waals surface area (Å²) in [6, 6.07) is 16.5. The molecule has 0 saturated heterocycles. The number of amides is 1. The number of thioether (sulfide) groups is 1. The summed E-state index contributed by atoms with van der Waals surface area (Å²) in [7, 11) is 0. The van der Waals surface area contributed by atoms with Gasteiger partial charge in [0.05, 0.1) is 5.37 Å². The largest absolute Gasteiger partial charge is 0.459 e. The highest BCUT2D eigenvalue weighted by Crippen LogP contribution is 2.41. The Balaban J connectivity index is 1.81. The number of carbonyl (C=O) groups is 2. The maximum Gasteiger partial charge on any atom is 0.317 e. The number of benzene rings is 2. The summed E-state index contributed by atoms with van der Waals surface area (Å²) in [6.45, 7) is 5.45. The molecular weight excluding hydrogens is 418 g/mol. The number of ether oxygens (including phenoxy) is 1. The highest BCUT2D eigenvalue weighted by Gasteiger charge is 2.40. The molecule has 2 aromatic carbocycles. The van der Waals surface area contributed by atoms with Gasteiger partial charge in [0, 0.05) is 16.5 Å². The highest BCUT2D eigenvalue weighted by atomic mass is 35.5.